The van der Waals surface area contributed by atoms with Crippen LogP contribution in [-0.2, 0) is 21.1 Å². The van der Waals surface area contributed by atoms with Crippen molar-refractivity contribution in [3.05, 3.63) is 35.4 Å². The molecule has 1 saturated carbocycles. The average Bonchev–Trinajstić information content (AvgIpc) is 3.50. The molecule has 0 atom stereocenters. The molecule has 1 aliphatic heterocycles. The number of halogens is 4. The highest BCUT2D eigenvalue weighted by Crippen LogP contribution is 2.48. The third-order valence-corrected chi connectivity index (χ3v) is 5.87. The lowest BCUT2D eigenvalue weighted by Gasteiger charge is -2.34. The standard InChI is InChI=1S/C21H28F3N3O2.HI/c1-3-29-18(28)15-7-11-27(12-8-15)19(25-2)26-14-20(9-10-20)16-5-4-6-17(13-16)21(22,23)24;/h4-6,13,15H,3,7-12,14H2,1-2H3,(H,25,26);1H. The number of nitrogens with zero attached hydrogens (tertiary/aromatic N) is 2. The van der Waals surface area contributed by atoms with Gasteiger partial charge in [-0.15, -0.1) is 24.0 Å². The van der Waals surface area contributed by atoms with Crippen LogP contribution in [0.3, 0.4) is 0 Å². The summed E-state index contributed by atoms with van der Waals surface area (Å²) in [5.74, 6) is 0.506. The van der Waals surface area contributed by atoms with Gasteiger partial charge < -0.3 is 15.0 Å². The molecular weight excluding hydrogens is 510 g/mol. The Balaban J connectivity index is 0.00000320. The fourth-order valence-corrected chi connectivity index (χ4v) is 3.91. The first kappa shape index (κ1) is 24.7. The molecule has 0 spiro atoms. The summed E-state index contributed by atoms with van der Waals surface area (Å²) < 4.78 is 44.3. The van der Waals surface area contributed by atoms with Gasteiger partial charge in [0.2, 0.25) is 0 Å². The number of guanidine groups is 1. The highest BCUT2D eigenvalue weighted by Gasteiger charge is 2.45. The maximum absolute atomic E-state index is 13.1. The Morgan fingerprint density at radius 2 is 1.97 bits per heavy atom. The Bertz CT molecular complexity index is 758. The predicted octanol–water partition coefficient (Wildman–Crippen LogP) is 4.21. The van der Waals surface area contributed by atoms with E-state index < -0.39 is 11.7 Å². The number of carbonyl (C=O) groups excluding carboxylic acids is 1. The maximum Gasteiger partial charge on any atom is 0.416 e. The van der Waals surface area contributed by atoms with Crippen LogP contribution in [0, 0.1) is 5.92 Å². The molecule has 0 unspecified atom stereocenters. The Kier molecular flexibility index (Phi) is 8.41. The van der Waals surface area contributed by atoms with Crippen LogP contribution in [0.5, 0.6) is 0 Å². The molecule has 9 heteroatoms. The van der Waals surface area contributed by atoms with Gasteiger partial charge in [0, 0.05) is 32.1 Å². The Morgan fingerprint density at radius 1 is 1.30 bits per heavy atom. The van der Waals surface area contributed by atoms with Crippen molar-refractivity contribution in [3.8, 4) is 0 Å². The average molecular weight is 539 g/mol. The number of hydrogen-bond acceptors (Lipinski definition) is 3. The van der Waals surface area contributed by atoms with Crippen molar-refractivity contribution in [3.63, 3.8) is 0 Å². The Labute approximate surface area is 192 Å². The molecule has 1 aromatic rings. The van der Waals surface area contributed by atoms with E-state index in [0.717, 1.165) is 30.4 Å². The molecule has 1 N–H and O–H groups in total. The molecule has 168 valence electrons. The second kappa shape index (κ2) is 10.2. The molecule has 0 radical (unpaired) electrons. The number of aliphatic imine (C=N–C) groups is 1. The third-order valence-electron chi connectivity index (χ3n) is 5.87. The number of benzene rings is 1. The largest absolute Gasteiger partial charge is 0.466 e. The first-order chi connectivity index (χ1) is 13.8. The molecule has 0 amide bonds. The van der Waals surface area contributed by atoms with Crippen molar-refractivity contribution in [2.45, 2.75) is 44.2 Å². The van der Waals surface area contributed by atoms with E-state index in [1.165, 1.54) is 12.1 Å². The normalized spacial score (nSPS) is 19.1. The lowest BCUT2D eigenvalue weighted by atomic mass is 9.94. The summed E-state index contributed by atoms with van der Waals surface area (Å²) >= 11 is 0. The van der Waals surface area contributed by atoms with E-state index in [1.807, 2.05) is 0 Å². The molecule has 5 nitrogen and oxygen atoms in total. The van der Waals surface area contributed by atoms with Crippen molar-refractivity contribution in [2.75, 3.05) is 33.3 Å². The van der Waals surface area contributed by atoms with Gasteiger partial charge in [-0.3, -0.25) is 9.79 Å². The number of rotatable bonds is 5. The van der Waals surface area contributed by atoms with Gasteiger partial charge in [-0.2, -0.15) is 13.2 Å². The SMILES string of the molecule is CCOC(=O)C1CCN(C(=NC)NCC2(c3cccc(C(F)(F)F)c3)CC2)CC1.I. The zero-order valence-electron chi connectivity index (χ0n) is 17.3. The molecule has 2 aliphatic rings. The molecule has 1 heterocycles. The summed E-state index contributed by atoms with van der Waals surface area (Å²) in [6, 6.07) is 5.63. The van der Waals surface area contributed by atoms with Crippen molar-refractivity contribution < 1.29 is 22.7 Å². The summed E-state index contributed by atoms with van der Waals surface area (Å²) in [5.41, 5.74) is -0.163. The number of likely N-dealkylation sites (tertiary alicyclic amines) is 1. The van der Waals surface area contributed by atoms with E-state index in [9.17, 15) is 18.0 Å². The predicted molar refractivity (Wildman–Crippen MR) is 120 cm³/mol. The minimum atomic E-state index is -4.33. The number of ether oxygens (including phenoxy) is 1. The first-order valence-corrected chi connectivity index (χ1v) is 10.1. The minimum Gasteiger partial charge on any atom is -0.466 e. The van der Waals surface area contributed by atoms with E-state index in [1.54, 1.807) is 20.0 Å². The molecule has 30 heavy (non-hydrogen) atoms. The van der Waals surface area contributed by atoms with E-state index in [2.05, 4.69) is 15.2 Å². The summed E-state index contributed by atoms with van der Waals surface area (Å²) in [6.45, 7) is 4.12. The summed E-state index contributed by atoms with van der Waals surface area (Å²) in [6.07, 6.45) is -1.22. The summed E-state index contributed by atoms with van der Waals surface area (Å²) in [5, 5.41) is 3.35. The monoisotopic (exact) mass is 539 g/mol. The highest BCUT2D eigenvalue weighted by atomic mass is 127. The minimum absolute atomic E-state index is 0. The molecule has 0 bridgehead atoms. The van der Waals surface area contributed by atoms with Gasteiger partial charge in [0.25, 0.3) is 0 Å². The van der Waals surface area contributed by atoms with Crippen molar-refractivity contribution in [1.82, 2.24) is 10.2 Å². The number of hydrogen-bond donors (Lipinski definition) is 1. The second-order valence-corrected chi connectivity index (χ2v) is 7.77. The molecule has 2 fully saturated rings. The third kappa shape index (κ3) is 5.79. The van der Waals surface area contributed by atoms with Gasteiger partial charge in [-0.25, -0.2) is 0 Å². The first-order valence-electron chi connectivity index (χ1n) is 10.1. The quantitative estimate of drug-likeness (QED) is 0.264. The molecule has 3 rings (SSSR count). The molecule has 1 aliphatic carbocycles. The fraction of sp³-hybridized carbons (Fsp3) is 0.619. The van der Waals surface area contributed by atoms with Crippen molar-refractivity contribution in [2.24, 2.45) is 10.9 Å². The van der Waals surface area contributed by atoms with Gasteiger partial charge in [0.05, 0.1) is 18.1 Å². The summed E-state index contributed by atoms with van der Waals surface area (Å²) in [4.78, 5) is 18.3. The fourth-order valence-electron chi connectivity index (χ4n) is 3.91. The van der Waals surface area contributed by atoms with Gasteiger partial charge >= 0.3 is 12.1 Å². The van der Waals surface area contributed by atoms with Gasteiger partial charge in [0.1, 0.15) is 0 Å². The number of piperidine rings is 1. The Morgan fingerprint density at radius 3 is 2.50 bits per heavy atom. The van der Waals surface area contributed by atoms with Crippen LogP contribution < -0.4 is 5.32 Å². The van der Waals surface area contributed by atoms with Gasteiger partial charge in [-0.05, 0) is 44.2 Å². The molecular formula is C21H29F3IN3O2. The number of esters is 1. The maximum atomic E-state index is 13.1. The van der Waals surface area contributed by atoms with Crippen LogP contribution in [0.4, 0.5) is 13.2 Å². The van der Waals surface area contributed by atoms with E-state index >= 15 is 0 Å². The van der Waals surface area contributed by atoms with Gasteiger partial charge in [-0.1, -0.05) is 18.2 Å². The van der Waals surface area contributed by atoms with Crippen LogP contribution >= 0.6 is 24.0 Å². The zero-order valence-corrected chi connectivity index (χ0v) is 19.6. The lowest BCUT2D eigenvalue weighted by Crippen LogP contribution is -2.48. The second-order valence-electron chi connectivity index (χ2n) is 7.77. The zero-order chi connectivity index (χ0) is 21.1. The number of carbonyl (C=O) groups is 1. The lowest BCUT2D eigenvalue weighted by molar-refractivity contribution is -0.149. The van der Waals surface area contributed by atoms with Crippen LogP contribution in [0.2, 0.25) is 0 Å². The van der Waals surface area contributed by atoms with Crippen LogP contribution in [0.25, 0.3) is 0 Å². The van der Waals surface area contributed by atoms with Crippen LogP contribution in [0.1, 0.15) is 43.7 Å². The van der Waals surface area contributed by atoms with E-state index in [4.69, 9.17) is 4.74 Å². The van der Waals surface area contributed by atoms with E-state index in [0.29, 0.717) is 39.1 Å². The van der Waals surface area contributed by atoms with Crippen LogP contribution in [-0.4, -0.2) is 50.1 Å². The van der Waals surface area contributed by atoms with Crippen LogP contribution in [0.15, 0.2) is 29.3 Å². The highest BCUT2D eigenvalue weighted by molar-refractivity contribution is 14.0. The number of nitrogens with one attached hydrogen (secondary N) is 1. The van der Waals surface area contributed by atoms with Gasteiger partial charge in [0.15, 0.2) is 5.96 Å². The van der Waals surface area contributed by atoms with E-state index in [-0.39, 0.29) is 41.3 Å². The summed E-state index contributed by atoms with van der Waals surface area (Å²) in [7, 11) is 1.70. The molecule has 0 aromatic heterocycles. The van der Waals surface area contributed by atoms with Crippen molar-refractivity contribution in [1.29, 1.82) is 0 Å². The number of alkyl halides is 3. The Hall–Kier alpha value is -1.52. The smallest absolute Gasteiger partial charge is 0.416 e. The molecule has 1 aromatic carbocycles. The topological polar surface area (TPSA) is 53.9 Å². The molecule has 1 saturated heterocycles. The van der Waals surface area contributed by atoms with Crippen molar-refractivity contribution >= 4 is 35.9 Å².